The molecule has 8 N–H and O–H groups in total. The van der Waals surface area contributed by atoms with Crippen molar-refractivity contribution in [2.24, 2.45) is 27.9 Å². The highest BCUT2D eigenvalue weighted by Crippen LogP contribution is 2.28. The lowest BCUT2D eigenvalue weighted by atomic mass is 10.0. The lowest BCUT2D eigenvalue weighted by molar-refractivity contribution is -0.128. The van der Waals surface area contributed by atoms with Crippen molar-refractivity contribution in [3.63, 3.8) is 0 Å². The Kier molecular flexibility index (Phi) is 8.12. The second kappa shape index (κ2) is 11.2. The molecular formula is C25H30N6O2. The lowest BCUT2D eigenvalue weighted by Gasteiger charge is -2.28. The van der Waals surface area contributed by atoms with Gasteiger partial charge in [-0.2, -0.15) is 0 Å². The Morgan fingerprint density at radius 1 is 0.818 bits per heavy atom. The Morgan fingerprint density at radius 3 is 2.18 bits per heavy atom. The van der Waals surface area contributed by atoms with Crippen molar-refractivity contribution < 1.29 is 9.59 Å². The van der Waals surface area contributed by atoms with E-state index in [-0.39, 0.29) is 5.96 Å². The van der Waals surface area contributed by atoms with E-state index in [1.807, 2.05) is 60.7 Å². The predicted molar refractivity (Wildman–Crippen MR) is 132 cm³/mol. The summed E-state index contributed by atoms with van der Waals surface area (Å²) in [4.78, 5) is 32.0. The molecule has 0 unspecified atom stereocenters. The van der Waals surface area contributed by atoms with Crippen LogP contribution in [0.15, 0.2) is 77.8 Å². The molecule has 0 heterocycles. The Labute approximate surface area is 193 Å². The molecule has 8 nitrogen and oxygen atoms in total. The molecule has 3 aromatic rings. The molecule has 0 aliphatic heterocycles. The average Bonchev–Trinajstić information content (AvgIpc) is 2.82. The van der Waals surface area contributed by atoms with E-state index in [0.29, 0.717) is 31.5 Å². The molecule has 0 aromatic heterocycles. The second-order valence-electron chi connectivity index (χ2n) is 7.86. The molecule has 0 saturated carbocycles. The molecule has 3 aromatic carbocycles. The Balaban J connectivity index is 1.91. The van der Waals surface area contributed by atoms with Gasteiger partial charge >= 0.3 is 0 Å². The summed E-state index contributed by atoms with van der Waals surface area (Å²) >= 11 is 0. The summed E-state index contributed by atoms with van der Waals surface area (Å²) < 4.78 is 0. The summed E-state index contributed by atoms with van der Waals surface area (Å²) in [6.45, 7) is 0.346. The van der Waals surface area contributed by atoms with Crippen LogP contribution >= 0.6 is 0 Å². The number of amides is 2. The fraction of sp³-hybridized carbons (Fsp3) is 0.240. The van der Waals surface area contributed by atoms with E-state index in [0.717, 1.165) is 21.2 Å². The number of carbonyl (C=O) groups is 2. The third kappa shape index (κ3) is 6.15. The zero-order valence-electron chi connectivity index (χ0n) is 18.4. The molecule has 0 bridgehead atoms. The van der Waals surface area contributed by atoms with Crippen LogP contribution in [0.2, 0.25) is 0 Å². The third-order valence-electron chi connectivity index (χ3n) is 5.35. The molecule has 3 rings (SSSR count). The van der Waals surface area contributed by atoms with E-state index in [2.05, 4.69) is 4.99 Å². The summed E-state index contributed by atoms with van der Waals surface area (Å²) in [5.74, 6) is -1.03. The Bertz CT molecular complexity index is 1120. The van der Waals surface area contributed by atoms with E-state index >= 15 is 0 Å². The number of nitrogens with two attached hydrogens (primary N) is 4. The third-order valence-corrected chi connectivity index (χ3v) is 5.35. The standard InChI is InChI=1S/C25H30N6O2/c26-20(13-7-15-30-25(28)29)23(32)31(22-14-6-11-18-10-4-5-12-19(18)22)24(33)21(27)16-17-8-2-1-3-9-17/h1-6,8-12,14,20-21H,7,13,15-16,26-27H2,(H4,28,29,30)/t20-,21-/m0/s1. The number of guanidine groups is 1. The van der Waals surface area contributed by atoms with E-state index < -0.39 is 23.9 Å². The molecule has 0 fully saturated rings. The van der Waals surface area contributed by atoms with Crippen LogP contribution in [0.1, 0.15) is 18.4 Å². The van der Waals surface area contributed by atoms with Gasteiger partial charge in [-0.1, -0.05) is 66.7 Å². The van der Waals surface area contributed by atoms with Crippen molar-refractivity contribution in [3.8, 4) is 0 Å². The minimum atomic E-state index is -0.913. The van der Waals surface area contributed by atoms with Crippen LogP contribution < -0.4 is 27.8 Å². The van der Waals surface area contributed by atoms with Crippen molar-refractivity contribution in [1.29, 1.82) is 0 Å². The molecule has 0 aliphatic rings. The topological polar surface area (TPSA) is 154 Å². The van der Waals surface area contributed by atoms with Crippen LogP contribution in [0.25, 0.3) is 10.8 Å². The number of hydrogen-bond acceptors (Lipinski definition) is 5. The number of nitrogens with zero attached hydrogens (tertiary/aromatic N) is 2. The number of carbonyl (C=O) groups excluding carboxylic acids is 2. The summed E-state index contributed by atoms with van der Waals surface area (Å²) in [6, 6.07) is 20.6. The van der Waals surface area contributed by atoms with Crippen molar-refractivity contribution in [1.82, 2.24) is 0 Å². The molecule has 0 radical (unpaired) electrons. The van der Waals surface area contributed by atoms with E-state index in [1.165, 1.54) is 0 Å². The highest BCUT2D eigenvalue weighted by Gasteiger charge is 2.32. The highest BCUT2D eigenvalue weighted by molar-refractivity contribution is 6.21. The number of rotatable bonds is 9. The number of benzene rings is 3. The zero-order chi connectivity index (χ0) is 23.8. The Morgan fingerprint density at radius 2 is 1.45 bits per heavy atom. The number of fused-ring (bicyclic) bond motifs is 1. The fourth-order valence-corrected chi connectivity index (χ4v) is 3.68. The van der Waals surface area contributed by atoms with Crippen LogP contribution in [0.3, 0.4) is 0 Å². The summed E-state index contributed by atoms with van der Waals surface area (Å²) in [7, 11) is 0. The SMILES string of the molecule is NC(N)=NCCC[C@H](N)C(=O)N(C(=O)[C@@H](N)Cc1ccccc1)c1cccc2ccccc12. The minimum absolute atomic E-state index is 0.0191. The van der Waals surface area contributed by atoms with Crippen molar-refractivity contribution in [2.45, 2.75) is 31.3 Å². The van der Waals surface area contributed by atoms with Gasteiger partial charge in [-0.25, -0.2) is 4.90 Å². The van der Waals surface area contributed by atoms with Gasteiger partial charge < -0.3 is 22.9 Å². The maximum atomic E-state index is 13.5. The molecule has 0 saturated heterocycles. The van der Waals surface area contributed by atoms with Gasteiger partial charge in [0.25, 0.3) is 11.8 Å². The maximum absolute atomic E-state index is 13.5. The van der Waals surface area contributed by atoms with Crippen LogP contribution in [-0.2, 0) is 16.0 Å². The number of hydrogen-bond donors (Lipinski definition) is 4. The minimum Gasteiger partial charge on any atom is -0.370 e. The van der Waals surface area contributed by atoms with Gasteiger partial charge in [-0.3, -0.25) is 14.6 Å². The van der Waals surface area contributed by atoms with Gasteiger partial charge in [0, 0.05) is 11.9 Å². The van der Waals surface area contributed by atoms with Gasteiger partial charge in [0.05, 0.1) is 17.8 Å². The molecule has 8 heteroatoms. The van der Waals surface area contributed by atoms with Crippen LogP contribution in [0, 0.1) is 0 Å². The van der Waals surface area contributed by atoms with Gasteiger partial charge in [-0.15, -0.1) is 0 Å². The molecule has 0 spiro atoms. The van der Waals surface area contributed by atoms with Gasteiger partial charge in [0.2, 0.25) is 0 Å². The molecular weight excluding hydrogens is 416 g/mol. The first-order chi connectivity index (χ1) is 15.9. The van der Waals surface area contributed by atoms with E-state index in [9.17, 15) is 9.59 Å². The van der Waals surface area contributed by atoms with E-state index in [4.69, 9.17) is 22.9 Å². The smallest absolute Gasteiger partial charge is 0.251 e. The Hall–Kier alpha value is -3.75. The van der Waals surface area contributed by atoms with Gasteiger partial charge in [-0.05, 0) is 36.3 Å². The molecule has 2 atom stereocenters. The van der Waals surface area contributed by atoms with Gasteiger partial charge in [0.1, 0.15) is 0 Å². The number of aliphatic imine (C=N–C) groups is 1. The molecule has 172 valence electrons. The van der Waals surface area contributed by atoms with Crippen molar-refractivity contribution in [3.05, 3.63) is 78.4 Å². The first-order valence-corrected chi connectivity index (χ1v) is 10.8. The summed E-state index contributed by atoms with van der Waals surface area (Å²) in [5, 5.41) is 1.67. The predicted octanol–water partition coefficient (Wildman–Crippen LogP) is 1.65. The van der Waals surface area contributed by atoms with Crippen LogP contribution in [0.4, 0.5) is 5.69 Å². The first-order valence-electron chi connectivity index (χ1n) is 10.8. The normalized spacial score (nSPS) is 12.7. The highest BCUT2D eigenvalue weighted by atomic mass is 16.2. The molecule has 2 amide bonds. The van der Waals surface area contributed by atoms with Gasteiger partial charge in [0.15, 0.2) is 5.96 Å². The maximum Gasteiger partial charge on any atom is 0.251 e. The van der Waals surface area contributed by atoms with Crippen molar-refractivity contribution >= 4 is 34.2 Å². The zero-order valence-corrected chi connectivity index (χ0v) is 18.4. The quantitative estimate of drug-likeness (QED) is 0.223. The van der Waals surface area contributed by atoms with Crippen LogP contribution in [-0.4, -0.2) is 36.4 Å². The second-order valence-corrected chi connectivity index (χ2v) is 7.86. The fourth-order valence-electron chi connectivity index (χ4n) is 3.68. The van der Waals surface area contributed by atoms with Crippen molar-refractivity contribution in [2.75, 3.05) is 11.4 Å². The summed E-state index contributed by atoms with van der Waals surface area (Å²) in [5.41, 5.74) is 24.6. The monoisotopic (exact) mass is 446 g/mol. The average molecular weight is 447 g/mol. The molecule has 33 heavy (non-hydrogen) atoms. The van der Waals surface area contributed by atoms with E-state index in [1.54, 1.807) is 12.1 Å². The van der Waals surface area contributed by atoms with Crippen LogP contribution in [0.5, 0.6) is 0 Å². The first kappa shape index (κ1) is 23.9. The largest absolute Gasteiger partial charge is 0.370 e. The number of imide groups is 1. The molecule has 0 aliphatic carbocycles. The summed E-state index contributed by atoms with van der Waals surface area (Å²) in [6.07, 6.45) is 1.12. The number of anilines is 1. The lowest BCUT2D eigenvalue weighted by Crippen LogP contribution is -2.53.